The van der Waals surface area contributed by atoms with E-state index in [0.717, 1.165) is 4.90 Å². The number of thiol groups is 1. The molecule has 1 saturated carbocycles. The van der Waals surface area contributed by atoms with E-state index in [1.807, 2.05) is 0 Å². The van der Waals surface area contributed by atoms with E-state index in [9.17, 15) is 22.8 Å². The fraction of sp³-hybridized carbons (Fsp3) is 0.429. The summed E-state index contributed by atoms with van der Waals surface area (Å²) in [6, 6.07) is 5.61. The van der Waals surface area contributed by atoms with Gasteiger partial charge in [0.05, 0.1) is 0 Å². The molecule has 0 radical (unpaired) electrons. The van der Waals surface area contributed by atoms with Crippen molar-refractivity contribution in [3.8, 4) is 0 Å². The number of rotatable bonds is 6. The first-order valence-corrected chi connectivity index (χ1v) is 10.8. The molecule has 11 heteroatoms. The van der Waals surface area contributed by atoms with Crippen molar-refractivity contribution >= 4 is 41.7 Å². The Balaban J connectivity index is 2.05. The lowest BCUT2D eigenvalue weighted by atomic mass is 9.87. The summed E-state index contributed by atoms with van der Waals surface area (Å²) in [5, 5.41) is 2.75. The average molecular weight is 487 g/mol. The smallest absolute Gasteiger partial charge is 0.278 e. The van der Waals surface area contributed by atoms with Crippen LogP contribution in [0.5, 0.6) is 0 Å². The first-order chi connectivity index (χ1) is 15.0. The van der Waals surface area contributed by atoms with Crippen LogP contribution in [0, 0.1) is 0 Å². The van der Waals surface area contributed by atoms with Crippen molar-refractivity contribution in [2.75, 3.05) is 4.90 Å². The van der Waals surface area contributed by atoms with E-state index < -0.39 is 34.9 Å². The van der Waals surface area contributed by atoms with Crippen molar-refractivity contribution in [1.82, 2.24) is 15.3 Å². The van der Waals surface area contributed by atoms with Crippen LogP contribution in [-0.2, 0) is 15.1 Å². The standard InChI is InChI=1S/C21H22ClF3N4O2S/c1-20(13-10-26-12-27-11-13,19(31)28-14-6-8-21(24,25)9-7-14)29(18(30)17(22)23)15-2-4-16(32)5-3-15/h2-5,10-12,14,17,32H,6-9H2,1H3,(H,28,31)/t17-,20?/m0/s1. The molecule has 1 N–H and O–H groups in total. The van der Waals surface area contributed by atoms with Crippen LogP contribution >= 0.6 is 24.2 Å². The molecule has 6 nitrogen and oxygen atoms in total. The zero-order valence-electron chi connectivity index (χ0n) is 17.1. The van der Waals surface area contributed by atoms with E-state index in [1.165, 1.54) is 37.8 Å². The molecule has 1 aliphatic rings. The molecule has 1 fully saturated rings. The third-order valence-corrected chi connectivity index (χ3v) is 6.06. The number of aromatic nitrogens is 2. The predicted molar refractivity (Wildman–Crippen MR) is 117 cm³/mol. The van der Waals surface area contributed by atoms with Crippen LogP contribution in [0.25, 0.3) is 0 Å². The molecule has 1 heterocycles. The van der Waals surface area contributed by atoms with Gasteiger partial charge in [-0.1, -0.05) is 11.6 Å². The van der Waals surface area contributed by atoms with Crippen molar-refractivity contribution < 1.29 is 22.8 Å². The first kappa shape index (κ1) is 24.3. The number of nitrogens with one attached hydrogen (secondary N) is 1. The molecule has 2 amide bonds. The summed E-state index contributed by atoms with van der Waals surface area (Å²) in [7, 11) is 0. The average Bonchev–Trinajstić information content (AvgIpc) is 2.77. The van der Waals surface area contributed by atoms with Gasteiger partial charge < -0.3 is 5.32 Å². The van der Waals surface area contributed by atoms with Gasteiger partial charge in [0, 0.05) is 47.4 Å². The van der Waals surface area contributed by atoms with Crippen LogP contribution < -0.4 is 10.2 Å². The highest BCUT2D eigenvalue weighted by Crippen LogP contribution is 2.37. The third-order valence-electron chi connectivity index (χ3n) is 5.58. The molecule has 32 heavy (non-hydrogen) atoms. The number of amides is 2. The molecule has 0 saturated heterocycles. The zero-order chi connectivity index (χ0) is 23.5. The monoisotopic (exact) mass is 486 g/mol. The Morgan fingerprint density at radius 1 is 1.22 bits per heavy atom. The van der Waals surface area contributed by atoms with Gasteiger partial charge in [-0.2, -0.15) is 0 Å². The second kappa shape index (κ2) is 9.66. The van der Waals surface area contributed by atoms with E-state index in [2.05, 4.69) is 27.9 Å². The maximum absolute atomic E-state index is 14.1. The molecule has 1 aromatic carbocycles. The Morgan fingerprint density at radius 2 is 1.78 bits per heavy atom. The predicted octanol–water partition coefficient (Wildman–Crippen LogP) is 4.24. The molecular formula is C21H22ClF3N4O2S. The summed E-state index contributed by atoms with van der Waals surface area (Å²) < 4.78 is 41.2. The Labute approximate surface area is 194 Å². The molecule has 3 rings (SSSR count). The molecule has 2 aromatic rings. The number of alkyl halides is 4. The lowest BCUT2D eigenvalue weighted by Gasteiger charge is -2.41. The Kier molecular flexibility index (Phi) is 7.34. The molecule has 1 aliphatic carbocycles. The van der Waals surface area contributed by atoms with Gasteiger partial charge in [0.25, 0.3) is 17.4 Å². The number of hydrogen-bond acceptors (Lipinski definition) is 5. The van der Waals surface area contributed by atoms with E-state index in [1.54, 1.807) is 12.1 Å². The quantitative estimate of drug-likeness (QED) is 0.473. The lowest BCUT2D eigenvalue weighted by molar-refractivity contribution is -0.132. The summed E-state index contributed by atoms with van der Waals surface area (Å²) in [6.45, 7) is 1.41. The van der Waals surface area contributed by atoms with Gasteiger partial charge in [0.1, 0.15) is 6.33 Å². The molecular weight excluding hydrogens is 465 g/mol. The number of hydrogen-bond donors (Lipinski definition) is 2. The zero-order valence-corrected chi connectivity index (χ0v) is 18.8. The van der Waals surface area contributed by atoms with Crippen LogP contribution in [0.1, 0.15) is 38.2 Å². The SMILES string of the molecule is CC(C(=O)NC1CCC(F)(F)CC1)(c1cncnc1)N(C(=O)[C@H](F)Cl)c1ccc(S)cc1. The van der Waals surface area contributed by atoms with Gasteiger partial charge in [-0.05, 0) is 44.0 Å². The highest BCUT2D eigenvalue weighted by atomic mass is 35.5. The Bertz CT molecular complexity index is 955. The molecule has 0 spiro atoms. The molecule has 0 bridgehead atoms. The van der Waals surface area contributed by atoms with Crippen LogP contribution in [0.15, 0.2) is 47.9 Å². The number of benzene rings is 1. The van der Waals surface area contributed by atoms with E-state index in [4.69, 9.17) is 11.6 Å². The third kappa shape index (κ3) is 5.17. The van der Waals surface area contributed by atoms with Crippen molar-refractivity contribution in [2.45, 2.75) is 60.6 Å². The Morgan fingerprint density at radius 3 is 2.31 bits per heavy atom. The Hall–Kier alpha value is -2.33. The van der Waals surface area contributed by atoms with Gasteiger partial charge in [0.15, 0.2) is 5.54 Å². The molecule has 1 unspecified atom stereocenters. The van der Waals surface area contributed by atoms with Crippen LogP contribution in [0.3, 0.4) is 0 Å². The minimum atomic E-state index is -2.77. The fourth-order valence-corrected chi connectivity index (χ4v) is 3.97. The molecule has 2 atom stereocenters. The van der Waals surface area contributed by atoms with Gasteiger partial charge in [-0.25, -0.2) is 23.1 Å². The minimum Gasteiger partial charge on any atom is -0.351 e. The fourth-order valence-electron chi connectivity index (χ4n) is 3.73. The van der Waals surface area contributed by atoms with Crippen molar-refractivity contribution in [1.29, 1.82) is 0 Å². The maximum Gasteiger partial charge on any atom is 0.278 e. The van der Waals surface area contributed by atoms with Gasteiger partial charge in [-0.3, -0.25) is 14.5 Å². The number of anilines is 1. The summed E-state index contributed by atoms with van der Waals surface area (Å²) in [4.78, 5) is 35.9. The summed E-state index contributed by atoms with van der Waals surface area (Å²) in [5.41, 5.74) is -3.88. The van der Waals surface area contributed by atoms with Crippen LogP contribution in [-0.4, -0.2) is 39.4 Å². The van der Waals surface area contributed by atoms with Gasteiger partial charge >= 0.3 is 0 Å². The second-order valence-electron chi connectivity index (χ2n) is 7.79. The largest absolute Gasteiger partial charge is 0.351 e. The highest BCUT2D eigenvalue weighted by molar-refractivity contribution is 7.80. The summed E-state index contributed by atoms with van der Waals surface area (Å²) in [5.74, 6) is -4.63. The van der Waals surface area contributed by atoms with Gasteiger partial charge in [0.2, 0.25) is 5.92 Å². The van der Waals surface area contributed by atoms with Crippen molar-refractivity contribution in [2.24, 2.45) is 0 Å². The van der Waals surface area contributed by atoms with E-state index in [-0.39, 0.29) is 36.9 Å². The number of nitrogens with zero attached hydrogens (tertiary/aromatic N) is 3. The number of carbonyl (C=O) groups excluding carboxylic acids is 2. The van der Waals surface area contributed by atoms with E-state index >= 15 is 0 Å². The first-order valence-electron chi connectivity index (χ1n) is 9.90. The topological polar surface area (TPSA) is 75.2 Å². The maximum atomic E-state index is 14.1. The van der Waals surface area contributed by atoms with Crippen LogP contribution in [0.2, 0.25) is 0 Å². The van der Waals surface area contributed by atoms with E-state index in [0.29, 0.717) is 4.90 Å². The summed E-state index contributed by atoms with van der Waals surface area (Å²) >= 11 is 9.72. The highest BCUT2D eigenvalue weighted by Gasteiger charge is 2.48. The second-order valence-corrected chi connectivity index (χ2v) is 8.69. The molecule has 0 aliphatic heterocycles. The van der Waals surface area contributed by atoms with Crippen LogP contribution in [0.4, 0.5) is 18.9 Å². The summed E-state index contributed by atoms with van der Waals surface area (Å²) in [6.07, 6.45) is 3.33. The lowest BCUT2D eigenvalue weighted by Crippen LogP contribution is -2.60. The normalized spacial score (nSPS) is 18.9. The number of halogens is 4. The van der Waals surface area contributed by atoms with Crippen molar-refractivity contribution in [3.05, 3.63) is 48.5 Å². The molecule has 1 aromatic heterocycles. The minimum absolute atomic E-state index is 0.0731. The molecule has 172 valence electrons. The van der Waals surface area contributed by atoms with Crippen molar-refractivity contribution in [3.63, 3.8) is 0 Å². The van der Waals surface area contributed by atoms with Gasteiger partial charge in [-0.15, -0.1) is 12.6 Å². The number of carbonyl (C=O) groups is 2.